The molecule has 298 valence electrons. The molecule has 5 heterocycles. The summed E-state index contributed by atoms with van der Waals surface area (Å²) < 4.78 is 27.3. The molecule has 56 heavy (non-hydrogen) atoms. The average Bonchev–Trinajstić information content (AvgIpc) is 4.04. The Kier molecular flexibility index (Phi) is 11.0. The molecule has 2 aromatic heterocycles. The molecule has 1 amide bonds. The van der Waals surface area contributed by atoms with Crippen LogP contribution in [0.2, 0.25) is 0 Å². The van der Waals surface area contributed by atoms with E-state index in [0.29, 0.717) is 24.3 Å². The maximum atomic E-state index is 12.6. The zero-order valence-electron chi connectivity index (χ0n) is 32.7. The van der Waals surface area contributed by atoms with Crippen LogP contribution in [0.3, 0.4) is 0 Å². The van der Waals surface area contributed by atoms with Crippen molar-refractivity contribution < 1.29 is 28.8 Å². The van der Waals surface area contributed by atoms with Gasteiger partial charge < -0.3 is 43.7 Å². The molecular formula is C43H54N6O7. The Labute approximate surface area is 327 Å². The number of likely N-dealkylation sites (tertiary alicyclic amines) is 1. The van der Waals surface area contributed by atoms with Gasteiger partial charge in [0.2, 0.25) is 5.95 Å². The van der Waals surface area contributed by atoms with Crippen molar-refractivity contribution in [3.63, 3.8) is 0 Å². The van der Waals surface area contributed by atoms with Crippen LogP contribution < -0.4 is 20.5 Å². The van der Waals surface area contributed by atoms with Crippen molar-refractivity contribution in [2.75, 3.05) is 51.4 Å². The number of amides is 1. The molecule has 13 nitrogen and oxygen atoms in total. The number of carboxylic acid groups (broad SMARTS) is 1. The van der Waals surface area contributed by atoms with Gasteiger partial charge in [0.15, 0.2) is 11.9 Å². The molecule has 4 fully saturated rings. The molecule has 0 spiro atoms. The summed E-state index contributed by atoms with van der Waals surface area (Å²) in [5, 5.41) is 12.9. The standard InChI is InChI=1S/C43H54N6O7/c1-42(46-41(51)52)18-22-48(23-19-42)31-16-20-49(21-17-31)40-44-35-15-12-29(34-27-47(2)37(50)26-36(34)53-3)25-33(35)39(45-40)43(56-32-13-14-32,30-9-5-4-6-10-30)28-55-38-11-7-8-24-54-38/h4-6,9-10,12,15,25-27,31-32,38,46H,7-8,11,13-14,16-24,28H2,1-3H3,(H,51,52). The van der Waals surface area contributed by atoms with Crippen molar-refractivity contribution in [3.8, 4) is 16.9 Å². The van der Waals surface area contributed by atoms with Gasteiger partial charge in [-0.15, -0.1) is 0 Å². The number of anilines is 1. The fourth-order valence-corrected chi connectivity index (χ4v) is 8.61. The van der Waals surface area contributed by atoms with E-state index in [9.17, 15) is 14.7 Å². The average molecular weight is 767 g/mol. The molecular weight excluding hydrogens is 713 g/mol. The van der Waals surface area contributed by atoms with E-state index in [1.165, 1.54) is 6.07 Å². The predicted octanol–water partition coefficient (Wildman–Crippen LogP) is 6.06. The predicted molar refractivity (Wildman–Crippen MR) is 213 cm³/mol. The fourth-order valence-electron chi connectivity index (χ4n) is 8.61. The number of nitrogens with one attached hydrogen (secondary N) is 1. The number of hydrogen-bond acceptors (Lipinski definition) is 10. The summed E-state index contributed by atoms with van der Waals surface area (Å²) in [5.41, 5.74) is 2.51. The first kappa shape index (κ1) is 38.3. The molecule has 2 unspecified atom stereocenters. The van der Waals surface area contributed by atoms with Crippen molar-refractivity contribution in [2.24, 2.45) is 7.05 Å². The Balaban J connectivity index is 1.19. The maximum Gasteiger partial charge on any atom is 0.405 e. The number of hydrogen-bond donors (Lipinski definition) is 2. The molecule has 4 aromatic rings. The number of fused-ring (bicyclic) bond motifs is 1. The second-order valence-electron chi connectivity index (χ2n) is 16.2. The highest BCUT2D eigenvalue weighted by Crippen LogP contribution is 2.44. The number of rotatable bonds is 12. The van der Waals surface area contributed by atoms with Crippen molar-refractivity contribution in [1.82, 2.24) is 24.8 Å². The van der Waals surface area contributed by atoms with Crippen LogP contribution in [0, 0.1) is 0 Å². The van der Waals surface area contributed by atoms with E-state index < -0.39 is 11.7 Å². The van der Waals surface area contributed by atoms with E-state index in [-0.39, 0.29) is 30.1 Å². The molecule has 4 aliphatic rings. The number of aryl methyl sites for hydroxylation is 1. The normalized spacial score (nSPS) is 21.8. The lowest BCUT2D eigenvalue weighted by Gasteiger charge is -2.45. The summed E-state index contributed by atoms with van der Waals surface area (Å²) in [7, 11) is 3.32. The van der Waals surface area contributed by atoms with Gasteiger partial charge in [-0.1, -0.05) is 36.4 Å². The minimum absolute atomic E-state index is 0.0549. The fraction of sp³-hybridized carbons (Fsp3) is 0.535. The van der Waals surface area contributed by atoms with Gasteiger partial charge in [0.25, 0.3) is 5.56 Å². The molecule has 0 radical (unpaired) electrons. The van der Waals surface area contributed by atoms with Gasteiger partial charge in [-0.25, -0.2) is 14.8 Å². The SMILES string of the molecule is COc1cc(=O)n(C)cc1-c1ccc2nc(N3CCC(N4CCC(C)(NC(=O)O)CC4)CC3)nc(C(COC3CCCCO3)(OC3CC3)c3ccccc3)c2c1. The van der Waals surface area contributed by atoms with Crippen LogP contribution in [0.5, 0.6) is 5.75 Å². The second kappa shape index (κ2) is 16.1. The largest absolute Gasteiger partial charge is 0.496 e. The summed E-state index contributed by atoms with van der Waals surface area (Å²) in [6.45, 7) is 6.20. The molecule has 8 rings (SSSR count). The Bertz CT molecular complexity index is 2070. The minimum atomic E-state index is -1.08. The molecule has 2 atom stereocenters. The minimum Gasteiger partial charge on any atom is -0.496 e. The van der Waals surface area contributed by atoms with Crippen LogP contribution in [0.4, 0.5) is 10.7 Å². The lowest BCUT2D eigenvalue weighted by molar-refractivity contribution is -0.197. The molecule has 0 bridgehead atoms. The van der Waals surface area contributed by atoms with E-state index in [1.54, 1.807) is 18.7 Å². The van der Waals surface area contributed by atoms with E-state index in [1.807, 2.05) is 43.5 Å². The van der Waals surface area contributed by atoms with Crippen LogP contribution in [-0.2, 0) is 26.9 Å². The van der Waals surface area contributed by atoms with Gasteiger partial charge in [-0.2, -0.15) is 0 Å². The van der Waals surface area contributed by atoms with Gasteiger partial charge in [-0.3, -0.25) is 4.79 Å². The van der Waals surface area contributed by atoms with Crippen molar-refractivity contribution in [2.45, 2.75) is 94.3 Å². The zero-order chi connectivity index (χ0) is 38.9. The molecule has 3 aliphatic heterocycles. The number of pyridine rings is 1. The Morgan fingerprint density at radius 3 is 2.45 bits per heavy atom. The first-order chi connectivity index (χ1) is 27.1. The van der Waals surface area contributed by atoms with E-state index >= 15 is 0 Å². The van der Waals surface area contributed by atoms with E-state index in [4.69, 9.17) is 28.9 Å². The highest BCUT2D eigenvalue weighted by Gasteiger charge is 2.45. The molecule has 3 saturated heterocycles. The Morgan fingerprint density at radius 2 is 1.77 bits per heavy atom. The van der Waals surface area contributed by atoms with Crippen molar-refractivity contribution in [1.29, 1.82) is 0 Å². The monoisotopic (exact) mass is 766 g/mol. The van der Waals surface area contributed by atoms with Crippen LogP contribution in [-0.4, -0.2) is 101 Å². The number of aromatic nitrogens is 3. The topological polar surface area (TPSA) is 141 Å². The molecule has 2 aromatic carbocycles. The van der Waals surface area contributed by atoms with Gasteiger partial charge in [0.05, 0.1) is 31.0 Å². The summed E-state index contributed by atoms with van der Waals surface area (Å²) >= 11 is 0. The second-order valence-corrected chi connectivity index (χ2v) is 16.2. The summed E-state index contributed by atoms with van der Waals surface area (Å²) in [6, 6.07) is 18.4. The lowest BCUT2D eigenvalue weighted by atomic mass is 9.87. The van der Waals surface area contributed by atoms with E-state index in [0.717, 1.165) is 117 Å². The zero-order valence-corrected chi connectivity index (χ0v) is 32.7. The number of ether oxygens (including phenoxy) is 4. The molecule has 2 N–H and O–H groups in total. The quantitative estimate of drug-likeness (QED) is 0.174. The van der Waals surface area contributed by atoms with Crippen molar-refractivity contribution in [3.05, 3.63) is 82.4 Å². The van der Waals surface area contributed by atoms with Gasteiger partial charge in [0, 0.05) is 74.6 Å². The lowest BCUT2D eigenvalue weighted by Crippen LogP contribution is -2.56. The third-order valence-corrected chi connectivity index (χ3v) is 12.1. The third-order valence-electron chi connectivity index (χ3n) is 12.1. The van der Waals surface area contributed by atoms with Gasteiger partial charge in [0.1, 0.15) is 5.75 Å². The first-order valence-electron chi connectivity index (χ1n) is 20.2. The molecule has 13 heteroatoms. The summed E-state index contributed by atoms with van der Waals surface area (Å²) in [5.74, 6) is 1.15. The molecule has 1 aliphatic carbocycles. The first-order valence-corrected chi connectivity index (χ1v) is 20.2. The maximum absolute atomic E-state index is 12.6. The summed E-state index contributed by atoms with van der Waals surface area (Å²) in [6.07, 6.45) is 8.87. The number of nitrogens with zero attached hydrogens (tertiary/aromatic N) is 5. The van der Waals surface area contributed by atoms with Crippen LogP contribution in [0.1, 0.15) is 76.0 Å². The Morgan fingerprint density at radius 1 is 1.00 bits per heavy atom. The highest BCUT2D eigenvalue weighted by atomic mass is 16.7. The summed E-state index contributed by atoms with van der Waals surface area (Å²) in [4.78, 5) is 39.6. The van der Waals surface area contributed by atoms with Crippen LogP contribution >= 0.6 is 0 Å². The number of carbonyl (C=O) groups is 1. The third kappa shape index (κ3) is 8.13. The number of benzene rings is 2. The molecule has 1 saturated carbocycles. The van der Waals surface area contributed by atoms with Gasteiger partial charge in [-0.05, 0) is 88.0 Å². The van der Waals surface area contributed by atoms with Gasteiger partial charge >= 0.3 is 6.09 Å². The van der Waals surface area contributed by atoms with Crippen LogP contribution in [0.25, 0.3) is 22.0 Å². The van der Waals surface area contributed by atoms with Crippen LogP contribution in [0.15, 0.2) is 65.6 Å². The number of piperidine rings is 2. The van der Waals surface area contributed by atoms with Crippen molar-refractivity contribution >= 4 is 22.9 Å². The highest BCUT2D eigenvalue weighted by molar-refractivity contribution is 5.89. The number of methoxy groups -OCH3 is 1. The van der Waals surface area contributed by atoms with E-state index in [2.05, 4.69) is 33.3 Å². The Hall–Kier alpha value is -4.56. The smallest absolute Gasteiger partial charge is 0.405 e.